The van der Waals surface area contributed by atoms with Crippen LogP contribution in [0, 0.1) is 5.92 Å². The van der Waals surface area contributed by atoms with Crippen LogP contribution in [0.2, 0.25) is 0 Å². The van der Waals surface area contributed by atoms with E-state index in [4.69, 9.17) is 4.74 Å². The number of nitrogens with zero attached hydrogens (tertiary/aromatic N) is 1. The van der Waals surface area contributed by atoms with Crippen molar-refractivity contribution in [2.45, 2.75) is 32.9 Å². The van der Waals surface area contributed by atoms with Crippen molar-refractivity contribution in [2.75, 3.05) is 6.54 Å². The van der Waals surface area contributed by atoms with E-state index in [9.17, 15) is 9.59 Å². The number of rotatable bonds is 4. The first-order valence-corrected chi connectivity index (χ1v) is 6.64. The smallest absolute Gasteiger partial charge is 0.305 e. The minimum atomic E-state index is -0.316. The lowest BCUT2D eigenvalue weighted by atomic mass is 10.1. The molecule has 1 fully saturated rings. The summed E-state index contributed by atoms with van der Waals surface area (Å²) in [6.45, 7) is 4.64. The molecule has 0 N–H and O–H groups in total. The van der Waals surface area contributed by atoms with Gasteiger partial charge in [-0.3, -0.25) is 9.59 Å². The molecule has 0 radical (unpaired) electrons. The second-order valence-electron chi connectivity index (χ2n) is 4.87. The number of esters is 1. The van der Waals surface area contributed by atoms with Crippen molar-refractivity contribution < 1.29 is 14.3 Å². The number of hydrogen-bond donors (Lipinski definition) is 0. The molecular weight excluding hydrogens is 242 g/mol. The number of benzene rings is 1. The van der Waals surface area contributed by atoms with Crippen LogP contribution in [0.3, 0.4) is 0 Å². The lowest BCUT2D eigenvalue weighted by molar-refractivity contribution is -0.149. The molecule has 102 valence electrons. The van der Waals surface area contributed by atoms with Crippen molar-refractivity contribution in [3.63, 3.8) is 0 Å². The summed E-state index contributed by atoms with van der Waals surface area (Å²) in [6, 6.07) is 9.83. The average Bonchev–Trinajstić information content (AvgIpc) is 2.68. The Labute approximate surface area is 113 Å². The molecule has 1 aromatic carbocycles. The van der Waals surface area contributed by atoms with Crippen LogP contribution >= 0.6 is 0 Å². The Kier molecular flexibility index (Phi) is 4.20. The van der Waals surface area contributed by atoms with E-state index >= 15 is 0 Å². The van der Waals surface area contributed by atoms with Crippen LogP contribution in [0.1, 0.15) is 25.8 Å². The van der Waals surface area contributed by atoms with Crippen molar-refractivity contribution in [1.82, 2.24) is 4.90 Å². The van der Waals surface area contributed by atoms with Gasteiger partial charge < -0.3 is 9.64 Å². The Morgan fingerprint density at radius 3 is 2.68 bits per heavy atom. The molecule has 2 atom stereocenters. The van der Waals surface area contributed by atoms with Gasteiger partial charge in [-0.1, -0.05) is 37.3 Å². The number of likely N-dealkylation sites (tertiary alicyclic amines) is 1. The molecule has 0 saturated carbocycles. The van der Waals surface area contributed by atoms with Crippen molar-refractivity contribution in [3.05, 3.63) is 35.9 Å². The maximum atomic E-state index is 12.1. The highest BCUT2D eigenvalue weighted by Crippen LogP contribution is 2.23. The van der Waals surface area contributed by atoms with Gasteiger partial charge in [0.1, 0.15) is 6.10 Å². The summed E-state index contributed by atoms with van der Waals surface area (Å²) in [6.07, 6.45) is 0.0273. The van der Waals surface area contributed by atoms with Gasteiger partial charge in [-0.05, 0) is 12.5 Å². The van der Waals surface area contributed by atoms with E-state index in [0.29, 0.717) is 19.5 Å². The lowest BCUT2D eigenvalue weighted by Crippen LogP contribution is -2.26. The first kappa shape index (κ1) is 13.6. The van der Waals surface area contributed by atoms with Crippen molar-refractivity contribution in [2.24, 2.45) is 5.92 Å². The van der Waals surface area contributed by atoms with E-state index in [-0.39, 0.29) is 23.9 Å². The zero-order chi connectivity index (χ0) is 13.8. The molecule has 1 aliphatic rings. The van der Waals surface area contributed by atoms with E-state index in [1.165, 1.54) is 0 Å². The van der Waals surface area contributed by atoms with Gasteiger partial charge in [-0.15, -0.1) is 0 Å². The van der Waals surface area contributed by atoms with Crippen molar-refractivity contribution in [3.8, 4) is 0 Å². The fourth-order valence-corrected chi connectivity index (χ4v) is 2.25. The molecule has 19 heavy (non-hydrogen) atoms. The number of amides is 1. The quantitative estimate of drug-likeness (QED) is 0.779. The predicted molar refractivity (Wildman–Crippen MR) is 71.2 cm³/mol. The number of carbonyl (C=O) groups excluding carboxylic acids is 2. The van der Waals surface area contributed by atoms with Gasteiger partial charge in [0, 0.05) is 13.0 Å². The topological polar surface area (TPSA) is 46.6 Å². The number of ether oxygens (including phenoxy) is 1. The lowest BCUT2D eigenvalue weighted by Gasteiger charge is -2.16. The van der Waals surface area contributed by atoms with Crippen LogP contribution in [0.5, 0.6) is 0 Å². The van der Waals surface area contributed by atoms with E-state index < -0.39 is 0 Å². The normalized spacial score (nSPS) is 22.6. The SMILES string of the molecule is CCC(=O)OC1CN(Cc2ccccc2)C(=O)C1C. The van der Waals surface area contributed by atoms with E-state index in [2.05, 4.69) is 0 Å². The molecule has 0 aliphatic carbocycles. The van der Waals surface area contributed by atoms with Gasteiger partial charge in [0.15, 0.2) is 0 Å². The van der Waals surface area contributed by atoms with E-state index in [1.807, 2.05) is 37.3 Å². The largest absolute Gasteiger partial charge is 0.460 e. The van der Waals surface area contributed by atoms with Crippen LogP contribution in [0.15, 0.2) is 30.3 Å². The van der Waals surface area contributed by atoms with Crippen LogP contribution < -0.4 is 0 Å². The van der Waals surface area contributed by atoms with Gasteiger partial charge in [0.05, 0.1) is 12.5 Å². The Morgan fingerprint density at radius 1 is 1.37 bits per heavy atom. The molecule has 2 rings (SSSR count). The third-order valence-electron chi connectivity index (χ3n) is 3.45. The maximum Gasteiger partial charge on any atom is 0.305 e. The molecule has 1 saturated heterocycles. The zero-order valence-corrected chi connectivity index (χ0v) is 11.3. The van der Waals surface area contributed by atoms with Gasteiger partial charge in [-0.2, -0.15) is 0 Å². The zero-order valence-electron chi connectivity index (χ0n) is 11.3. The van der Waals surface area contributed by atoms with Crippen molar-refractivity contribution in [1.29, 1.82) is 0 Å². The van der Waals surface area contributed by atoms with Crippen molar-refractivity contribution >= 4 is 11.9 Å². The fraction of sp³-hybridized carbons (Fsp3) is 0.467. The predicted octanol–water partition coefficient (Wildman–Crippen LogP) is 1.99. The molecule has 0 spiro atoms. The van der Waals surface area contributed by atoms with Crippen LogP contribution in [-0.4, -0.2) is 29.4 Å². The summed E-state index contributed by atoms with van der Waals surface area (Å²) in [7, 11) is 0. The Hall–Kier alpha value is -1.84. The monoisotopic (exact) mass is 261 g/mol. The molecule has 1 aromatic rings. The highest BCUT2D eigenvalue weighted by molar-refractivity contribution is 5.82. The second kappa shape index (κ2) is 5.87. The highest BCUT2D eigenvalue weighted by Gasteiger charge is 2.39. The summed E-state index contributed by atoms with van der Waals surface area (Å²) in [5, 5.41) is 0. The molecule has 4 nitrogen and oxygen atoms in total. The third kappa shape index (κ3) is 3.13. The average molecular weight is 261 g/mol. The summed E-state index contributed by atoms with van der Waals surface area (Å²) in [5.41, 5.74) is 1.09. The van der Waals surface area contributed by atoms with Gasteiger partial charge in [-0.25, -0.2) is 0 Å². The Bertz CT molecular complexity index is 458. The Balaban J connectivity index is 2.00. The minimum Gasteiger partial charge on any atom is -0.460 e. The molecular formula is C15H19NO3. The first-order valence-electron chi connectivity index (χ1n) is 6.64. The molecule has 4 heteroatoms. The number of hydrogen-bond acceptors (Lipinski definition) is 3. The molecule has 2 unspecified atom stereocenters. The highest BCUT2D eigenvalue weighted by atomic mass is 16.5. The maximum absolute atomic E-state index is 12.1. The first-order chi connectivity index (χ1) is 9.11. The van der Waals surface area contributed by atoms with Gasteiger partial charge in [0.25, 0.3) is 0 Å². The minimum absolute atomic E-state index is 0.0535. The summed E-state index contributed by atoms with van der Waals surface area (Å²) in [5.74, 6) is -0.442. The van der Waals surface area contributed by atoms with Gasteiger partial charge in [0.2, 0.25) is 5.91 Å². The molecule has 1 aliphatic heterocycles. The molecule has 1 amide bonds. The van der Waals surface area contributed by atoms with Crippen LogP contribution in [0.25, 0.3) is 0 Å². The van der Waals surface area contributed by atoms with Crippen LogP contribution in [0.4, 0.5) is 0 Å². The fourth-order valence-electron chi connectivity index (χ4n) is 2.25. The van der Waals surface area contributed by atoms with Crippen LogP contribution in [-0.2, 0) is 20.9 Å². The molecule has 1 heterocycles. The summed E-state index contributed by atoms with van der Waals surface area (Å²) in [4.78, 5) is 25.2. The number of carbonyl (C=O) groups is 2. The summed E-state index contributed by atoms with van der Waals surface area (Å²) >= 11 is 0. The second-order valence-corrected chi connectivity index (χ2v) is 4.87. The third-order valence-corrected chi connectivity index (χ3v) is 3.45. The van der Waals surface area contributed by atoms with Gasteiger partial charge >= 0.3 is 5.97 Å². The Morgan fingerprint density at radius 2 is 2.05 bits per heavy atom. The molecule has 0 aromatic heterocycles. The van der Waals surface area contributed by atoms with E-state index in [1.54, 1.807) is 11.8 Å². The standard InChI is InChI=1S/C15H19NO3/c1-3-14(17)19-13-10-16(15(18)11(13)2)9-12-7-5-4-6-8-12/h4-8,11,13H,3,9-10H2,1-2H3. The molecule has 0 bridgehead atoms. The summed E-state index contributed by atoms with van der Waals surface area (Å²) < 4.78 is 5.31. The van der Waals surface area contributed by atoms with E-state index in [0.717, 1.165) is 5.56 Å².